The summed E-state index contributed by atoms with van der Waals surface area (Å²) in [6.07, 6.45) is 0. The standard InChI is InChI=1S/3C7H7.C5H5.Zr/c3*1-7-5-3-2-4-6-7;1-2-4-5-3-1;/h3*2-6H,1H2;1-5H;/q4*-1;+4. The van der Waals surface area contributed by atoms with Gasteiger partial charge in [-0.1, -0.05) is 18.2 Å². The van der Waals surface area contributed by atoms with Crippen molar-refractivity contribution in [2.45, 2.75) is 0 Å². The van der Waals surface area contributed by atoms with Gasteiger partial charge in [-0.3, -0.25) is 0 Å². The molecule has 0 aromatic heterocycles. The maximum Gasteiger partial charge on any atom is 4.00 e. The molecule has 0 spiro atoms. The summed E-state index contributed by atoms with van der Waals surface area (Å²) in [5, 5.41) is 0. The fraction of sp³-hybridized carbons (Fsp3) is 0. The first kappa shape index (κ1) is 24.5. The molecule has 0 aliphatic carbocycles. The van der Waals surface area contributed by atoms with Gasteiger partial charge in [-0.05, 0) is 0 Å². The molecule has 0 unspecified atom stereocenters. The Morgan fingerprint density at radius 3 is 0.778 bits per heavy atom. The van der Waals surface area contributed by atoms with Gasteiger partial charge in [0.25, 0.3) is 0 Å². The fourth-order valence-electron chi connectivity index (χ4n) is 1.75. The van der Waals surface area contributed by atoms with Crippen molar-refractivity contribution < 1.29 is 26.2 Å². The van der Waals surface area contributed by atoms with Crippen molar-refractivity contribution >= 4 is 0 Å². The third-order valence-electron chi connectivity index (χ3n) is 3.08. The van der Waals surface area contributed by atoms with E-state index in [9.17, 15) is 0 Å². The van der Waals surface area contributed by atoms with Crippen molar-refractivity contribution in [2.24, 2.45) is 0 Å². The van der Waals surface area contributed by atoms with Crippen LogP contribution in [-0.4, -0.2) is 0 Å². The Morgan fingerprint density at radius 1 is 0.407 bits per heavy atom. The van der Waals surface area contributed by atoms with Gasteiger partial charge in [0.1, 0.15) is 0 Å². The quantitative estimate of drug-likeness (QED) is 0.264. The zero-order valence-corrected chi connectivity index (χ0v) is 18.1. The normalized spacial score (nSPS) is 8.15. The van der Waals surface area contributed by atoms with Gasteiger partial charge in [-0.25, -0.2) is 12.1 Å². The molecule has 0 saturated carbocycles. The Morgan fingerprint density at radius 2 is 0.667 bits per heavy atom. The Kier molecular flexibility index (Phi) is 15.4. The number of rotatable bonds is 0. The van der Waals surface area contributed by atoms with Crippen LogP contribution in [-0.2, 0) is 26.2 Å². The van der Waals surface area contributed by atoms with Gasteiger partial charge in [0.15, 0.2) is 0 Å². The van der Waals surface area contributed by atoms with Gasteiger partial charge >= 0.3 is 26.2 Å². The van der Waals surface area contributed by atoms with Gasteiger partial charge in [0.2, 0.25) is 0 Å². The summed E-state index contributed by atoms with van der Waals surface area (Å²) in [5.74, 6) is 0. The molecular weight excluding hydrogens is 404 g/mol. The van der Waals surface area contributed by atoms with Gasteiger partial charge in [-0.2, -0.15) is 92.1 Å². The van der Waals surface area contributed by atoms with Crippen molar-refractivity contribution in [3.8, 4) is 0 Å². The molecule has 0 aliphatic heterocycles. The molecular formula is C26H26Zr. The summed E-state index contributed by atoms with van der Waals surface area (Å²) >= 11 is 0. The largest absolute Gasteiger partial charge is 4.00 e. The SMILES string of the molecule is [CH2-]c1ccccc1.[CH2-]c1ccccc1.[CH2-]c1ccccc1.[Zr+4].c1cc[cH-]c1. The van der Waals surface area contributed by atoms with Crippen molar-refractivity contribution in [1.29, 1.82) is 0 Å². The van der Waals surface area contributed by atoms with E-state index in [0.717, 1.165) is 16.7 Å². The van der Waals surface area contributed by atoms with E-state index in [-0.39, 0.29) is 26.2 Å². The molecule has 0 amide bonds. The average Bonchev–Trinajstić information content (AvgIpc) is 3.25. The summed E-state index contributed by atoms with van der Waals surface area (Å²) in [6, 6.07) is 39.6. The minimum atomic E-state index is 0. The third-order valence-corrected chi connectivity index (χ3v) is 3.08. The van der Waals surface area contributed by atoms with Crippen LogP contribution in [0.3, 0.4) is 0 Å². The van der Waals surface area contributed by atoms with E-state index >= 15 is 0 Å². The molecule has 0 heterocycles. The minimum absolute atomic E-state index is 0. The van der Waals surface area contributed by atoms with E-state index in [1.54, 1.807) is 0 Å². The van der Waals surface area contributed by atoms with E-state index in [1.807, 2.05) is 121 Å². The second-order valence-electron chi connectivity index (χ2n) is 5.42. The Bertz CT molecular complexity index is 639. The molecule has 0 fully saturated rings. The molecule has 0 N–H and O–H groups in total. The molecule has 4 aromatic rings. The first-order chi connectivity index (χ1) is 12.7. The zero-order valence-electron chi connectivity index (χ0n) is 15.7. The van der Waals surface area contributed by atoms with Crippen LogP contribution in [0.5, 0.6) is 0 Å². The Labute approximate surface area is 184 Å². The second kappa shape index (κ2) is 16.9. The molecule has 0 saturated heterocycles. The van der Waals surface area contributed by atoms with Gasteiger partial charge < -0.3 is 0 Å². The van der Waals surface area contributed by atoms with E-state index in [0.29, 0.717) is 0 Å². The van der Waals surface area contributed by atoms with Crippen LogP contribution in [0.15, 0.2) is 121 Å². The monoisotopic (exact) mass is 428 g/mol. The smallest absolute Gasteiger partial charge is 0.214 e. The molecule has 0 aliphatic rings. The number of benzene rings is 3. The first-order valence-corrected chi connectivity index (χ1v) is 8.46. The van der Waals surface area contributed by atoms with Gasteiger partial charge in [0.05, 0.1) is 0 Å². The summed E-state index contributed by atoms with van der Waals surface area (Å²) in [5.41, 5.74) is 3.22. The molecule has 4 aromatic carbocycles. The van der Waals surface area contributed by atoms with E-state index < -0.39 is 0 Å². The molecule has 0 bridgehead atoms. The predicted octanol–water partition coefficient (Wildman–Crippen LogP) is 7.01. The molecule has 0 nitrogen and oxygen atoms in total. The van der Waals surface area contributed by atoms with Crippen molar-refractivity contribution in [1.82, 2.24) is 0 Å². The van der Waals surface area contributed by atoms with Crippen LogP contribution in [0.1, 0.15) is 16.7 Å². The first-order valence-electron chi connectivity index (χ1n) is 8.46. The second-order valence-corrected chi connectivity index (χ2v) is 5.42. The summed E-state index contributed by atoms with van der Waals surface area (Å²) in [7, 11) is 0. The summed E-state index contributed by atoms with van der Waals surface area (Å²) in [4.78, 5) is 0. The Balaban J connectivity index is 0.000000332. The summed E-state index contributed by atoms with van der Waals surface area (Å²) in [6.45, 7) is 11.2. The van der Waals surface area contributed by atoms with E-state index in [1.165, 1.54) is 0 Å². The molecule has 134 valence electrons. The van der Waals surface area contributed by atoms with Crippen molar-refractivity contribution in [3.63, 3.8) is 0 Å². The molecule has 0 radical (unpaired) electrons. The van der Waals surface area contributed by atoms with Crippen molar-refractivity contribution in [2.75, 3.05) is 0 Å². The Hall–Kier alpha value is -2.50. The predicted molar refractivity (Wildman–Crippen MR) is 115 cm³/mol. The molecule has 4 rings (SSSR count). The maximum absolute atomic E-state index is 3.72. The number of hydrogen-bond acceptors (Lipinski definition) is 0. The van der Waals surface area contributed by atoms with Crippen LogP contribution in [0.4, 0.5) is 0 Å². The fourth-order valence-corrected chi connectivity index (χ4v) is 1.75. The van der Waals surface area contributed by atoms with Crippen LogP contribution in [0.2, 0.25) is 0 Å². The molecule has 1 heteroatoms. The van der Waals surface area contributed by atoms with E-state index in [2.05, 4.69) is 20.8 Å². The van der Waals surface area contributed by atoms with Crippen molar-refractivity contribution in [3.05, 3.63) is 159 Å². The molecule has 27 heavy (non-hydrogen) atoms. The molecule has 0 atom stereocenters. The average molecular weight is 430 g/mol. The van der Waals surface area contributed by atoms with Gasteiger partial charge in [0, 0.05) is 0 Å². The van der Waals surface area contributed by atoms with Crippen LogP contribution >= 0.6 is 0 Å². The number of hydrogen-bond donors (Lipinski definition) is 0. The third kappa shape index (κ3) is 15.5. The van der Waals surface area contributed by atoms with E-state index in [4.69, 9.17) is 0 Å². The van der Waals surface area contributed by atoms with Gasteiger partial charge in [-0.15, -0.1) is 36.4 Å². The van der Waals surface area contributed by atoms with Crippen LogP contribution in [0.25, 0.3) is 0 Å². The zero-order chi connectivity index (χ0) is 18.9. The summed E-state index contributed by atoms with van der Waals surface area (Å²) < 4.78 is 0. The topological polar surface area (TPSA) is 0 Å². The maximum atomic E-state index is 3.72. The van der Waals surface area contributed by atoms with Crippen LogP contribution < -0.4 is 0 Å². The van der Waals surface area contributed by atoms with Crippen LogP contribution in [0, 0.1) is 20.8 Å². The minimum Gasteiger partial charge on any atom is -0.214 e.